The molecular formula is C24H25F3N5O4+. The highest BCUT2D eigenvalue weighted by atomic mass is 19.4. The molecule has 190 valence electrons. The fourth-order valence-corrected chi connectivity index (χ4v) is 6.46. The summed E-state index contributed by atoms with van der Waals surface area (Å²) in [5.41, 5.74) is 1.52. The minimum absolute atomic E-state index is 0.0215. The largest absolute Gasteiger partial charge is 0.468 e. The van der Waals surface area contributed by atoms with Gasteiger partial charge in [0.05, 0.1) is 13.2 Å². The van der Waals surface area contributed by atoms with E-state index < -0.39 is 18.3 Å². The molecule has 2 saturated heterocycles. The summed E-state index contributed by atoms with van der Waals surface area (Å²) in [6, 6.07) is 6.25. The molecule has 2 aromatic heterocycles. The summed E-state index contributed by atoms with van der Waals surface area (Å²) in [7, 11) is 0. The lowest BCUT2D eigenvalue weighted by molar-refractivity contribution is -0.808. The minimum Gasteiger partial charge on any atom is -0.468 e. The van der Waals surface area contributed by atoms with Crippen LogP contribution in [0.2, 0.25) is 0 Å². The number of halogens is 3. The number of hydrogen-bond donors (Lipinski definition) is 1. The van der Waals surface area contributed by atoms with Gasteiger partial charge in [0.1, 0.15) is 17.4 Å². The Morgan fingerprint density at radius 2 is 2.08 bits per heavy atom. The zero-order valence-corrected chi connectivity index (χ0v) is 19.9. The Kier molecular flexibility index (Phi) is 4.75. The van der Waals surface area contributed by atoms with Gasteiger partial charge in [-0.1, -0.05) is 0 Å². The van der Waals surface area contributed by atoms with E-state index in [4.69, 9.17) is 9.47 Å². The van der Waals surface area contributed by atoms with E-state index in [9.17, 15) is 22.8 Å². The van der Waals surface area contributed by atoms with Crippen molar-refractivity contribution < 1.29 is 36.7 Å². The lowest BCUT2D eigenvalue weighted by atomic mass is 10.0. The summed E-state index contributed by atoms with van der Waals surface area (Å²) in [4.78, 5) is 36.5. The van der Waals surface area contributed by atoms with Crippen LogP contribution >= 0.6 is 0 Å². The number of hydrogen-bond acceptors (Lipinski definition) is 7. The maximum absolute atomic E-state index is 14.1. The number of pyridine rings is 2. The Morgan fingerprint density at radius 1 is 1.33 bits per heavy atom. The minimum atomic E-state index is -4.49. The van der Waals surface area contributed by atoms with Crippen LogP contribution < -0.4 is 15.0 Å². The van der Waals surface area contributed by atoms with E-state index in [1.165, 1.54) is 19.1 Å². The van der Waals surface area contributed by atoms with E-state index >= 15 is 0 Å². The van der Waals surface area contributed by atoms with Gasteiger partial charge in [-0.25, -0.2) is 14.3 Å². The van der Waals surface area contributed by atoms with Crippen LogP contribution in [-0.4, -0.2) is 76.4 Å². The molecule has 3 unspecified atom stereocenters. The molecule has 2 amide bonds. The van der Waals surface area contributed by atoms with Gasteiger partial charge in [-0.15, -0.1) is 0 Å². The first-order valence-electron chi connectivity index (χ1n) is 11.8. The molecule has 1 saturated carbocycles. The first kappa shape index (κ1) is 23.2. The van der Waals surface area contributed by atoms with Gasteiger partial charge in [0, 0.05) is 30.8 Å². The van der Waals surface area contributed by atoms with Crippen LogP contribution in [0.4, 0.5) is 24.8 Å². The Labute approximate surface area is 204 Å². The van der Waals surface area contributed by atoms with Gasteiger partial charge >= 0.3 is 12.1 Å². The van der Waals surface area contributed by atoms with E-state index in [-0.39, 0.29) is 40.3 Å². The lowest BCUT2D eigenvalue weighted by Crippen LogP contribution is -2.63. The molecule has 1 N–H and O–H groups in total. The Hall–Kier alpha value is -3.25. The molecular weight excluding hydrogens is 479 g/mol. The van der Waals surface area contributed by atoms with E-state index in [1.807, 2.05) is 24.8 Å². The second-order valence-corrected chi connectivity index (χ2v) is 9.93. The van der Waals surface area contributed by atoms with E-state index in [2.05, 4.69) is 15.3 Å². The van der Waals surface area contributed by atoms with Gasteiger partial charge in [-0.2, -0.15) is 18.2 Å². The third-order valence-corrected chi connectivity index (χ3v) is 7.81. The van der Waals surface area contributed by atoms with Crippen LogP contribution in [0.25, 0.3) is 0 Å². The van der Waals surface area contributed by atoms with E-state index in [0.29, 0.717) is 42.7 Å². The second kappa shape index (κ2) is 7.39. The second-order valence-electron chi connectivity index (χ2n) is 9.93. The normalized spacial score (nSPS) is 30.4. The van der Waals surface area contributed by atoms with Crippen molar-refractivity contribution in [2.45, 2.75) is 50.6 Å². The molecule has 6 rings (SSSR count). The highest BCUT2D eigenvalue weighted by Crippen LogP contribution is 2.76. The maximum Gasteiger partial charge on any atom is 0.422 e. The molecule has 3 atom stereocenters. The summed E-state index contributed by atoms with van der Waals surface area (Å²) >= 11 is 0. The quantitative estimate of drug-likeness (QED) is 0.495. The molecule has 0 radical (unpaired) electrons. The molecule has 3 aliphatic heterocycles. The van der Waals surface area contributed by atoms with Gasteiger partial charge in [-0.05, 0) is 32.0 Å². The lowest BCUT2D eigenvalue weighted by Gasteiger charge is -2.42. The molecule has 1 aliphatic carbocycles. The van der Waals surface area contributed by atoms with Gasteiger partial charge in [0.2, 0.25) is 11.8 Å². The Bertz CT molecular complexity index is 1290. The standard InChI is InChI=1S/C24H24F3N5O4/c1-12-8-15(9-17(28-12)29-14(3)33)13(2)32-19-20(32)23(19)10-35-7-6-31(23)21-16(22(32)34)4-5-18(30-21)36-11-24(25,26)27/h4-5,8-9,13,19-20H,6-7,10-11H2,1-3H3/p+1. The average molecular weight is 504 g/mol. The monoisotopic (exact) mass is 504 g/mol. The van der Waals surface area contributed by atoms with Crippen molar-refractivity contribution in [1.82, 2.24) is 9.97 Å². The third kappa shape index (κ3) is 3.10. The van der Waals surface area contributed by atoms with Crippen LogP contribution in [0, 0.1) is 6.92 Å². The maximum atomic E-state index is 14.1. The number of morpholine rings is 1. The number of nitrogens with one attached hydrogen (secondary N) is 1. The molecule has 0 bridgehead atoms. The highest BCUT2D eigenvalue weighted by molar-refractivity contribution is 5.99. The number of fused-ring (bicyclic) bond motifs is 3. The van der Waals surface area contributed by atoms with Crippen LogP contribution in [0.3, 0.4) is 0 Å². The van der Waals surface area contributed by atoms with Gasteiger partial charge in [-0.3, -0.25) is 4.79 Å². The topological polar surface area (TPSA) is 93.7 Å². The Balaban J connectivity index is 1.40. The number of ether oxygens (including phenoxy) is 2. The molecule has 3 fully saturated rings. The van der Waals surface area contributed by atoms with Crippen molar-refractivity contribution in [2.75, 3.05) is 36.6 Å². The smallest absolute Gasteiger partial charge is 0.422 e. The molecule has 4 aliphatic rings. The molecule has 12 heteroatoms. The zero-order valence-electron chi connectivity index (χ0n) is 19.9. The van der Waals surface area contributed by atoms with Crippen molar-refractivity contribution in [3.05, 3.63) is 41.1 Å². The van der Waals surface area contributed by atoms with Crippen LogP contribution in [0.15, 0.2) is 24.3 Å². The predicted molar refractivity (Wildman–Crippen MR) is 121 cm³/mol. The van der Waals surface area contributed by atoms with Crippen molar-refractivity contribution in [3.8, 4) is 5.88 Å². The van der Waals surface area contributed by atoms with E-state index in [0.717, 1.165) is 5.56 Å². The third-order valence-electron chi connectivity index (χ3n) is 7.81. The molecule has 2 aromatic rings. The summed E-state index contributed by atoms with van der Waals surface area (Å²) in [6.45, 7) is 5.10. The number of carbonyl (C=O) groups excluding carboxylic acids is 2. The zero-order chi connectivity index (χ0) is 25.6. The molecule has 1 spiro atoms. The number of quaternary nitrogens is 1. The number of carbonyl (C=O) groups is 2. The number of aryl methyl sites for hydroxylation is 1. The van der Waals surface area contributed by atoms with Crippen molar-refractivity contribution in [1.29, 1.82) is 0 Å². The average Bonchev–Trinajstić information content (AvgIpc) is 3.70. The molecule has 5 heterocycles. The number of amides is 2. The number of aromatic nitrogens is 2. The van der Waals surface area contributed by atoms with Crippen LogP contribution in [-0.2, 0) is 9.53 Å². The molecule has 0 aromatic carbocycles. The summed E-state index contributed by atoms with van der Waals surface area (Å²) in [5, 5.41) is 2.71. The summed E-state index contributed by atoms with van der Waals surface area (Å²) in [5.74, 6) is 0.236. The summed E-state index contributed by atoms with van der Waals surface area (Å²) < 4.78 is 49.0. The first-order valence-corrected chi connectivity index (χ1v) is 11.8. The van der Waals surface area contributed by atoms with Crippen molar-refractivity contribution >= 4 is 23.5 Å². The number of alkyl halides is 3. The fraction of sp³-hybridized carbons (Fsp3) is 0.500. The Morgan fingerprint density at radius 3 is 2.78 bits per heavy atom. The molecule has 9 nitrogen and oxygen atoms in total. The summed E-state index contributed by atoms with van der Waals surface area (Å²) in [6.07, 6.45) is -4.49. The van der Waals surface area contributed by atoms with Gasteiger partial charge < -0.3 is 19.7 Å². The van der Waals surface area contributed by atoms with E-state index in [1.54, 1.807) is 6.07 Å². The van der Waals surface area contributed by atoms with Crippen LogP contribution in [0.1, 0.15) is 41.5 Å². The number of nitrogens with zero attached hydrogens (tertiary/aromatic N) is 4. The fourth-order valence-electron chi connectivity index (χ4n) is 6.46. The van der Waals surface area contributed by atoms with Crippen molar-refractivity contribution in [2.24, 2.45) is 0 Å². The number of rotatable bonds is 5. The predicted octanol–water partition coefficient (Wildman–Crippen LogP) is 2.76. The van der Waals surface area contributed by atoms with Crippen molar-refractivity contribution in [3.63, 3.8) is 0 Å². The first-order chi connectivity index (χ1) is 17.0. The molecule has 36 heavy (non-hydrogen) atoms. The highest BCUT2D eigenvalue weighted by Gasteiger charge is 3.04. The van der Waals surface area contributed by atoms with Gasteiger partial charge in [0.15, 0.2) is 30.0 Å². The number of anilines is 2. The SMILES string of the molecule is CC(=O)Nc1cc(C(C)[N+]23C(=O)c4ccc(OCC(F)(F)F)nc4N4CCOCC45C2C53)cc(C)n1. The van der Waals surface area contributed by atoms with Crippen LogP contribution in [0.5, 0.6) is 5.88 Å². The van der Waals surface area contributed by atoms with Gasteiger partial charge in [0.25, 0.3) is 0 Å².